The molecule has 6 rings (SSSR count). The summed E-state index contributed by atoms with van der Waals surface area (Å²) in [6, 6.07) is 0. The first-order valence-electron chi connectivity index (χ1n) is 18.0. The van der Waals surface area contributed by atoms with Gasteiger partial charge in [-0.3, -0.25) is 0 Å². The Morgan fingerprint density at radius 1 is 0.0714 bits per heavy atom. The van der Waals surface area contributed by atoms with Crippen molar-refractivity contribution in [3.8, 4) is 0 Å². The quantitative estimate of drug-likeness (QED) is 0.233. The molecule has 0 aliphatic heterocycles. The Bertz CT molecular complexity index is 211. The Morgan fingerprint density at radius 3 is 0.119 bits per heavy atom. The van der Waals surface area contributed by atoms with Crippen LogP contribution in [0.25, 0.3) is 0 Å². The normalized spacial score (nSPS) is 20.6. The zero-order chi connectivity index (χ0) is 25.5. The van der Waals surface area contributed by atoms with Gasteiger partial charge < -0.3 is 0 Å². The van der Waals surface area contributed by atoms with Gasteiger partial charge in [0.15, 0.2) is 0 Å². The molecule has 42 heavy (non-hydrogen) atoms. The van der Waals surface area contributed by atoms with Crippen LogP contribution in [0, 0.1) is 0 Å². The van der Waals surface area contributed by atoms with Crippen molar-refractivity contribution in [2.45, 2.75) is 231 Å². The summed E-state index contributed by atoms with van der Waals surface area (Å²) in [5, 5.41) is 0. The summed E-state index contributed by atoms with van der Waals surface area (Å²) in [5.41, 5.74) is 0. The van der Waals surface area contributed by atoms with Crippen LogP contribution in [0.2, 0.25) is 0 Å². The van der Waals surface area contributed by atoms with E-state index in [1.807, 2.05) is 0 Å². The highest BCUT2D eigenvalue weighted by Crippen LogP contribution is 2.18. The molecule has 0 radical (unpaired) electrons. The first-order valence-corrected chi connectivity index (χ1v) is 18.0. The van der Waals surface area contributed by atoms with Crippen molar-refractivity contribution in [2.75, 3.05) is 0 Å². The second kappa shape index (κ2) is 52.3. The predicted octanol–water partition coefficient (Wildman–Crippen LogP) is 16.6. The molecule has 0 spiro atoms. The van der Waals surface area contributed by atoms with Crippen LogP contribution in [0.5, 0.6) is 0 Å². The average molecular weight is 724 g/mol. The van der Waals surface area contributed by atoms with Crippen molar-refractivity contribution in [3.05, 3.63) is 0 Å². The molecule has 264 valence electrons. The average Bonchev–Trinajstić information content (AvgIpc) is 3.04. The van der Waals surface area contributed by atoms with Gasteiger partial charge in [-0.1, -0.05) is 231 Å². The third kappa shape index (κ3) is 48.6. The highest BCUT2D eigenvalue weighted by Gasteiger charge is 1.98. The van der Waals surface area contributed by atoms with Gasteiger partial charge in [0.05, 0.1) is 0 Å². The minimum atomic E-state index is 0. The van der Waals surface area contributed by atoms with Crippen molar-refractivity contribution in [1.82, 2.24) is 0 Å². The van der Waals surface area contributed by atoms with Crippen LogP contribution in [-0.2, 0) is 0 Å². The number of hydrogen-bond donors (Lipinski definition) is 0. The van der Waals surface area contributed by atoms with Gasteiger partial charge in [0.25, 0.3) is 0 Å². The molecule has 0 atom stereocenters. The van der Waals surface area contributed by atoms with E-state index in [9.17, 15) is 0 Å². The van der Waals surface area contributed by atoms with Crippen LogP contribution in [-0.4, -0.2) is 0 Å². The van der Waals surface area contributed by atoms with Crippen LogP contribution in [0.1, 0.15) is 231 Å². The number of rotatable bonds is 0. The van der Waals surface area contributed by atoms with Crippen LogP contribution in [0.4, 0.5) is 0 Å². The number of halogens is 6. The van der Waals surface area contributed by atoms with Crippen LogP contribution in [0.15, 0.2) is 0 Å². The fourth-order valence-electron chi connectivity index (χ4n) is 6.36. The zero-order valence-corrected chi connectivity index (χ0v) is 32.8. The van der Waals surface area contributed by atoms with E-state index >= 15 is 0 Å². The van der Waals surface area contributed by atoms with Gasteiger partial charge in [-0.05, 0) is 0 Å². The molecule has 0 nitrogen and oxygen atoms in total. The molecule has 0 saturated heterocycles. The summed E-state index contributed by atoms with van der Waals surface area (Å²) in [6.07, 6.45) is 54.0. The maximum atomic E-state index is 1.50. The molecule has 6 aliphatic carbocycles. The lowest BCUT2D eigenvalue weighted by atomic mass is 10.0. The highest BCUT2D eigenvalue weighted by atomic mass is 35.5. The van der Waals surface area contributed by atoms with Gasteiger partial charge in [-0.2, -0.15) is 0 Å². The Labute approximate surface area is 303 Å². The molecule has 0 N–H and O–H groups in total. The monoisotopic (exact) mass is 720 g/mol. The van der Waals surface area contributed by atoms with E-state index in [2.05, 4.69) is 0 Å². The summed E-state index contributed by atoms with van der Waals surface area (Å²) < 4.78 is 0. The van der Waals surface area contributed by atoms with Gasteiger partial charge in [0.2, 0.25) is 0 Å². The van der Waals surface area contributed by atoms with E-state index in [1.54, 1.807) is 0 Å². The van der Waals surface area contributed by atoms with Gasteiger partial charge in [0, 0.05) is 0 Å². The molecule has 6 aliphatic rings. The third-order valence-electron chi connectivity index (χ3n) is 9.00. The smallest absolute Gasteiger partial charge is 0.0533 e. The molecule has 0 aromatic heterocycles. The molecule has 6 heteroatoms. The molecule has 0 bridgehead atoms. The minimum absolute atomic E-state index is 0. The van der Waals surface area contributed by atoms with Crippen molar-refractivity contribution in [2.24, 2.45) is 0 Å². The van der Waals surface area contributed by atoms with Gasteiger partial charge >= 0.3 is 0 Å². The lowest BCUT2D eigenvalue weighted by Crippen LogP contribution is -1.85. The van der Waals surface area contributed by atoms with Gasteiger partial charge in [0.1, 0.15) is 0 Å². The molecule has 0 aromatic rings. The Hall–Kier alpha value is 1.74. The number of hydrogen-bond acceptors (Lipinski definition) is 0. The SMILES string of the molecule is C1CCCCC1.C1CCCCC1.C1CCCCC1.C1CCCCC1.C1CCCCC1.C1CCCCC1.Cl.Cl.Cl.Cl.Cl.Cl. The molecule has 0 unspecified atom stereocenters. The van der Waals surface area contributed by atoms with Crippen molar-refractivity contribution < 1.29 is 0 Å². The summed E-state index contributed by atoms with van der Waals surface area (Å²) in [6.45, 7) is 0. The lowest BCUT2D eigenvalue weighted by Gasteiger charge is -2.05. The van der Waals surface area contributed by atoms with E-state index < -0.39 is 0 Å². The van der Waals surface area contributed by atoms with Crippen molar-refractivity contribution in [3.63, 3.8) is 0 Å². The van der Waals surface area contributed by atoms with Crippen LogP contribution in [0.3, 0.4) is 0 Å². The maximum Gasteiger partial charge on any atom is -0.0533 e. The summed E-state index contributed by atoms with van der Waals surface area (Å²) in [7, 11) is 0. The molecule has 0 aromatic carbocycles. The highest BCUT2D eigenvalue weighted by molar-refractivity contribution is 5.86. The lowest BCUT2D eigenvalue weighted by molar-refractivity contribution is 0.504. The molecule has 0 amide bonds. The van der Waals surface area contributed by atoms with E-state index in [4.69, 9.17) is 0 Å². The van der Waals surface area contributed by atoms with E-state index in [-0.39, 0.29) is 74.4 Å². The van der Waals surface area contributed by atoms with E-state index in [0.29, 0.717) is 0 Å². The molecular formula is C36H78Cl6. The summed E-state index contributed by atoms with van der Waals surface area (Å²) in [4.78, 5) is 0. The maximum absolute atomic E-state index is 1.50. The van der Waals surface area contributed by atoms with Crippen LogP contribution >= 0.6 is 74.4 Å². The second-order valence-corrected chi connectivity index (χ2v) is 12.7. The minimum Gasteiger partial charge on any atom is -0.147 e. The Kier molecular flexibility index (Phi) is 69.8. The predicted molar refractivity (Wildman–Crippen MR) is 210 cm³/mol. The first kappa shape index (κ1) is 56.1. The van der Waals surface area contributed by atoms with Gasteiger partial charge in [-0.25, -0.2) is 0 Å². The standard InChI is InChI=1S/6C6H12.6ClH/c6*1-2-4-6-5-3-1;;;;;;/h6*1-6H2;6*1H. The largest absolute Gasteiger partial charge is 0.147 e. The summed E-state index contributed by atoms with van der Waals surface area (Å²) >= 11 is 0. The second-order valence-electron chi connectivity index (χ2n) is 12.7. The zero-order valence-electron chi connectivity index (χ0n) is 27.9. The molecule has 6 saturated carbocycles. The van der Waals surface area contributed by atoms with E-state index in [0.717, 1.165) is 0 Å². The molecule has 6 fully saturated rings. The van der Waals surface area contributed by atoms with E-state index in [1.165, 1.54) is 231 Å². The fraction of sp³-hybridized carbons (Fsp3) is 1.00. The molecular weight excluding hydrogens is 645 g/mol. The topological polar surface area (TPSA) is 0 Å². The van der Waals surface area contributed by atoms with Gasteiger partial charge in [-0.15, -0.1) is 74.4 Å². The van der Waals surface area contributed by atoms with Crippen molar-refractivity contribution in [1.29, 1.82) is 0 Å². The Balaban J connectivity index is -0.0000000900. The molecule has 0 heterocycles. The van der Waals surface area contributed by atoms with Crippen molar-refractivity contribution >= 4 is 74.4 Å². The Morgan fingerprint density at radius 2 is 0.0952 bits per heavy atom. The third-order valence-corrected chi connectivity index (χ3v) is 9.00. The first-order chi connectivity index (χ1) is 18.0. The van der Waals surface area contributed by atoms with Crippen LogP contribution < -0.4 is 0 Å². The summed E-state index contributed by atoms with van der Waals surface area (Å²) in [5.74, 6) is 0. The fourth-order valence-corrected chi connectivity index (χ4v) is 6.36.